The molecule has 3 heteroatoms. The molecule has 1 rings (SSSR count). The molecule has 0 spiro atoms. The number of rotatable bonds is 6. The molecule has 0 fully saturated rings. The molecule has 2 nitrogen and oxygen atoms in total. The molecule has 0 saturated carbocycles. The molecule has 0 amide bonds. The lowest BCUT2D eigenvalue weighted by atomic mass is 10.1. The van der Waals surface area contributed by atoms with E-state index < -0.39 is 0 Å². The maximum absolute atomic E-state index is 5.90. The largest absolute Gasteiger partial charge is 0.488 e. The van der Waals surface area contributed by atoms with Crippen LogP contribution in [-0.4, -0.2) is 12.1 Å². The molecule has 1 aromatic rings. The first kappa shape index (κ1) is 16.3. The maximum Gasteiger partial charge on any atom is 0.138 e. The minimum atomic E-state index is 0.0899. The summed E-state index contributed by atoms with van der Waals surface area (Å²) >= 11 is 3.56. The van der Waals surface area contributed by atoms with Crippen LogP contribution >= 0.6 is 15.9 Å². The first-order valence-electron chi connectivity index (χ1n) is 6.65. The molecule has 1 N–H and O–H groups in total. The highest BCUT2D eigenvalue weighted by Crippen LogP contribution is 2.29. The van der Waals surface area contributed by atoms with Crippen LogP contribution in [0, 0.1) is 0 Å². The summed E-state index contributed by atoms with van der Waals surface area (Å²) in [4.78, 5) is 0. The lowest BCUT2D eigenvalue weighted by Crippen LogP contribution is -2.35. The molecule has 0 aliphatic carbocycles. The van der Waals surface area contributed by atoms with Gasteiger partial charge in [-0.2, -0.15) is 0 Å². The van der Waals surface area contributed by atoms with E-state index in [4.69, 9.17) is 4.74 Å². The van der Waals surface area contributed by atoms with Gasteiger partial charge in [-0.25, -0.2) is 0 Å². The van der Waals surface area contributed by atoms with Crippen LogP contribution in [0.4, 0.5) is 0 Å². The molecular formula is C16H24BrNO. The lowest BCUT2D eigenvalue weighted by molar-refractivity contribution is 0.338. The van der Waals surface area contributed by atoms with Gasteiger partial charge in [0, 0.05) is 17.6 Å². The van der Waals surface area contributed by atoms with Crippen molar-refractivity contribution in [2.24, 2.45) is 0 Å². The molecule has 0 radical (unpaired) electrons. The van der Waals surface area contributed by atoms with Gasteiger partial charge in [-0.3, -0.25) is 0 Å². The number of hydrogen-bond acceptors (Lipinski definition) is 2. The normalized spacial score (nSPS) is 11.4. The van der Waals surface area contributed by atoms with Gasteiger partial charge in [0.05, 0.1) is 4.47 Å². The van der Waals surface area contributed by atoms with Crippen LogP contribution in [0.3, 0.4) is 0 Å². The van der Waals surface area contributed by atoms with Crippen LogP contribution in [0.1, 0.15) is 39.7 Å². The molecule has 0 saturated heterocycles. The Morgan fingerprint density at radius 2 is 2.05 bits per heavy atom. The van der Waals surface area contributed by atoms with Gasteiger partial charge in [0.1, 0.15) is 12.4 Å². The van der Waals surface area contributed by atoms with E-state index in [0.717, 1.165) is 34.3 Å². The van der Waals surface area contributed by atoms with Gasteiger partial charge in [-0.05, 0) is 54.8 Å². The number of para-hydroxylation sites is 1. The average molecular weight is 326 g/mol. The first-order chi connectivity index (χ1) is 8.83. The highest BCUT2D eigenvalue weighted by molar-refractivity contribution is 9.10. The van der Waals surface area contributed by atoms with Crippen molar-refractivity contribution in [3.63, 3.8) is 0 Å². The lowest BCUT2D eigenvalue weighted by Gasteiger charge is -2.22. The number of ether oxygens (including phenoxy) is 1. The molecule has 0 aromatic heterocycles. The zero-order valence-electron chi connectivity index (χ0n) is 12.3. The molecule has 0 aliphatic rings. The third kappa shape index (κ3) is 5.79. The van der Waals surface area contributed by atoms with E-state index in [0.29, 0.717) is 6.61 Å². The molecule has 19 heavy (non-hydrogen) atoms. The summed E-state index contributed by atoms with van der Waals surface area (Å²) in [7, 11) is 0. The van der Waals surface area contributed by atoms with Gasteiger partial charge in [-0.1, -0.05) is 25.6 Å². The van der Waals surface area contributed by atoms with E-state index >= 15 is 0 Å². The first-order valence-corrected chi connectivity index (χ1v) is 7.44. The summed E-state index contributed by atoms with van der Waals surface area (Å²) in [6, 6.07) is 6.13. The van der Waals surface area contributed by atoms with Crippen LogP contribution in [0.2, 0.25) is 0 Å². The summed E-state index contributed by atoms with van der Waals surface area (Å²) < 4.78 is 6.89. The molecule has 0 bridgehead atoms. The Kier molecular flexibility index (Phi) is 6.08. The van der Waals surface area contributed by atoms with Gasteiger partial charge < -0.3 is 10.1 Å². The van der Waals surface area contributed by atoms with Crippen LogP contribution in [0.25, 0.3) is 0 Å². The van der Waals surface area contributed by atoms with Gasteiger partial charge in [0.15, 0.2) is 0 Å². The van der Waals surface area contributed by atoms with Crippen molar-refractivity contribution in [1.82, 2.24) is 5.32 Å². The Balaban J connectivity index is 2.80. The predicted molar refractivity (Wildman–Crippen MR) is 85.7 cm³/mol. The number of nitrogens with one attached hydrogen (secondary N) is 1. The Morgan fingerprint density at radius 3 is 2.63 bits per heavy atom. The maximum atomic E-state index is 5.90. The van der Waals surface area contributed by atoms with E-state index in [1.165, 1.54) is 0 Å². The Bertz CT molecular complexity index is 435. The van der Waals surface area contributed by atoms with Crippen molar-refractivity contribution in [2.75, 3.05) is 6.61 Å². The predicted octanol–water partition coefficient (Wildman–Crippen LogP) is 4.68. The third-order valence-corrected chi connectivity index (χ3v) is 3.40. The average Bonchev–Trinajstić information content (AvgIpc) is 2.33. The van der Waals surface area contributed by atoms with Crippen LogP contribution in [0.15, 0.2) is 34.8 Å². The highest BCUT2D eigenvalue weighted by Gasteiger charge is 2.13. The van der Waals surface area contributed by atoms with Gasteiger partial charge >= 0.3 is 0 Å². The third-order valence-electron chi connectivity index (χ3n) is 2.78. The van der Waals surface area contributed by atoms with Gasteiger partial charge in [-0.15, -0.1) is 0 Å². The quantitative estimate of drug-likeness (QED) is 0.766. The topological polar surface area (TPSA) is 21.3 Å². The summed E-state index contributed by atoms with van der Waals surface area (Å²) in [5, 5.41) is 3.48. The standard InChI is InChI=1S/C16H24BrNO/c1-6-12(2)11-19-15-13(8-7-9-14(15)17)10-18-16(3,4)5/h7-9,18H,2,6,10-11H2,1,3-5H3. The Morgan fingerprint density at radius 1 is 1.37 bits per heavy atom. The molecule has 0 aliphatic heterocycles. The number of hydrogen-bond donors (Lipinski definition) is 1. The van der Waals surface area contributed by atoms with Gasteiger partial charge in [0.2, 0.25) is 0 Å². The minimum absolute atomic E-state index is 0.0899. The van der Waals surface area contributed by atoms with Gasteiger partial charge in [0.25, 0.3) is 0 Å². The molecule has 106 valence electrons. The van der Waals surface area contributed by atoms with Crippen molar-refractivity contribution >= 4 is 15.9 Å². The molecule has 0 heterocycles. The summed E-state index contributed by atoms with van der Waals surface area (Å²) in [5.74, 6) is 0.911. The Labute approximate surface area is 125 Å². The van der Waals surface area contributed by atoms with Crippen molar-refractivity contribution in [2.45, 2.75) is 46.2 Å². The monoisotopic (exact) mass is 325 g/mol. The number of benzene rings is 1. The van der Waals surface area contributed by atoms with Crippen molar-refractivity contribution < 1.29 is 4.74 Å². The summed E-state index contributed by atoms with van der Waals surface area (Å²) in [5.41, 5.74) is 2.35. The van der Waals surface area contributed by atoms with E-state index in [2.05, 4.69) is 61.6 Å². The van der Waals surface area contributed by atoms with Crippen molar-refractivity contribution in [3.8, 4) is 5.75 Å². The minimum Gasteiger partial charge on any atom is -0.488 e. The van der Waals surface area contributed by atoms with E-state index in [1.54, 1.807) is 0 Å². The second-order valence-electron chi connectivity index (χ2n) is 5.72. The van der Waals surface area contributed by atoms with Crippen LogP contribution < -0.4 is 10.1 Å². The van der Waals surface area contributed by atoms with E-state index in [9.17, 15) is 0 Å². The zero-order chi connectivity index (χ0) is 14.5. The zero-order valence-corrected chi connectivity index (χ0v) is 13.9. The highest BCUT2D eigenvalue weighted by atomic mass is 79.9. The fourth-order valence-electron chi connectivity index (χ4n) is 1.49. The Hall–Kier alpha value is -0.800. The molecule has 1 aromatic carbocycles. The molecule has 0 atom stereocenters. The van der Waals surface area contributed by atoms with Crippen LogP contribution in [0.5, 0.6) is 5.75 Å². The van der Waals surface area contributed by atoms with E-state index in [-0.39, 0.29) is 5.54 Å². The van der Waals surface area contributed by atoms with Crippen molar-refractivity contribution in [1.29, 1.82) is 0 Å². The second kappa shape index (κ2) is 7.11. The number of halogens is 1. The fraction of sp³-hybridized carbons (Fsp3) is 0.500. The summed E-state index contributed by atoms with van der Waals surface area (Å²) in [6.45, 7) is 13.9. The SMILES string of the molecule is C=C(CC)COc1c(Br)cccc1CNC(C)(C)C. The van der Waals surface area contributed by atoms with Crippen molar-refractivity contribution in [3.05, 3.63) is 40.4 Å². The fourth-order valence-corrected chi connectivity index (χ4v) is 2.01. The molecular weight excluding hydrogens is 302 g/mol. The second-order valence-corrected chi connectivity index (χ2v) is 6.58. The smallest absolute Gasteiger partial charge is 0.138 e. The van der Waals surface area contributed by atoms with Crippen LogP contribution in [-0.2, 0) is 6.54 Å². The van der Waals surface area contributed by atoms with E-state index in [1.807, 2.05) is 12.1 Å². The molecule has 0 unspecified atom stereocenters. The summed E-state index contributed by atoms with van der Waals surface area (Å²) in [6.07, 6.45) is 0.944.